The molecular weight excluding hydrogens is 248 g/mol. The van der Waals surface area contributed by atoms with Crippen LogP contribution >= 0.6 is 0 Å². The van der Waals surface area contributed by atoms with E-state index in [2.05, 4.69) is 33.8 Å². The topological polar surface area (TPSA) is 38.1 Å². The molecule has 1 saturated carbocycles. The van der Waals surface area contributed by atoms with Gasteiger partial charge in [-0.05, 0) is 18.4 Å². The number of imidazole rings is 1. The molecular formula is C17H20N2O. The van der Waals surface area contributed by atoms with Gasteiger partial charge in [0.25, 0.3) is 0 Å². The second kappa shape index (κ2) is 4.45. The first-order chi connectivity index (χ1) is 9.80. The Morgan fingerprint density at radius 1 is 1.10 bits per heavy atom. The van der Waals surface area contributed by atoms with Crippen molar-refractivity contribution in [1.82, 2.24) is 9.55 Å². The normalized spacial score (nSPS) is 23.9. The maximum atomic E-state index is 11.3. The van der Waals surface area contributed by atoms with Gasteiger partial charge >= 0.3 is 0 Å². The van der Waals surface area contributed by atoms with Crippen molar-refractivity contribution in [3.63, 3.8) is 0 Å². The van der Waals surface area contributed by atoms with E-state index in [4.69, 9.17) is 0 Å². The molecule has 2 heterocycles. The van der Waals surface area contributed by atoms with E-state index in [0.29, 0.717) is 0 Å². The molecule has 1 fully saturated rings. The molecule has 1 aromatic carbocycles. The first-order valence-corrected chi connectivity index (χ1v) is 7.63. The molecule has 2 aromatic rings. The van der Waals surface area contributed by atoms with E-state index in [-0.39, 0.29) is 6.04 Å². The molecule has 3 nitrogen and oxygen atoms in total. The van der Waals surface area contributed by atoms with Gasteiger partial charge in [-0.15, -0.1) is 0 Å². The van der Waals surface area contributed by atoms with Gasteiger partial charge in [0.1, 0.15) is 0 Å². The van der Waals surface area contributed by atoms with Gasteiger partial charge in [-0.3, -0.25) is 0 Å². The molecule has 0 saturated heterocycles. The van der Waals surface area contributed by atoms with E-state index in [9.17, 15) is 5.11 Å². The summed E-state index contributed by atoms with van der Waals surface area (Å²) in [5.41, 5.74) is 3.00. The van der Waals surface area contributed by atoms with Gasteiger partial charge in [-0.2, -0.15) is 0 Å². The minimum Gasteiger partial charge on any atom is -0.387 e. The van der Waals surface area contributed by atoms with Gasteiger partial charge in [-0.25, -0.2) is 4.98 Å². The molecule has 1 atom stereocenters. The van der Waals surface area contributed by atoms with Gasteiger partial charge in [0.15, 0.2) is 0 Å². The minimum absolute atomic E-state index is 0.0364. The van der Waals surface area contributed by atoms with Crippen molar-refractivity contribution in [3.05, 3.63) is 42.4 Å². The predicted octanol–water partition coefficient (Wildman–Crippen LogP) is 3.54. The summed E-state index contributed by atoms with van der Waals surface area (Å²) in [5.74, 6) is 0. The van der Waals surface area contributed by atoms with Crippen molar-refractivity contribution < 1.29 is 5.11 Å². The lowest BCUT2D eigenvalue weighted by Gasteiger charge is -2.35. The minimum atomic E-state index is -0.626. The second-order valence-electron chi connectivity index (χ2n) is 6.19. The van der Waals surface area contributed by atoms with Crippen LogP contribution in [0, 0.1) is 0 Å². The molecule has 0 amide bonds. The fraction of sp³-hybridized carbons (Fsp3) is 0.471. The first kappa shape index (κ1) is 12.2. The summed E-state index contributed by atoms with van der Waals surface area (Å²) in [6.45, 7) is 0. The molecule has 1 aromatic heterocycles. The highest BCUT2D eigenvalue weighted by Crippen LogP contribution is 2.48. The molecule has 0 spiro atoms. The third kappa shape index (κ3) is 1.66. The van der Waals surface area contributed by atoms with Gasteiger partial charge in [0.2, 0.25) is 0 Å². The van der Waals surface area contributed by atoms with Crippen molar-refractivity contribution in [2.24, 2.45) is 0 Å². The van der Waals surface area contributed by atoms with E-state index >= 15 is 0 Å². The number of aliphatic hydroxyl groups is 1. The summed E-state index contributed by atoms with van der Waals surface area (Å²) in [6.07, 6.45) is 10.3. The standard InChI is InChI=1S/C17H20N2O/c20-17(9-5-1-2-6-10-17)16-14-8-4-3-7-13(14)15-11-18-12-19(15)16/h3-4,7-8,11-12,16,20H,1-2,5-6,9-10H2/t16-/m0/s1. The first-order valence-electron chi connectivity index (χ1n) is 7.63. The third-order valence-electron chi connectivity index (χ3n) is 4.95. The summed E-state index contributed by atoms with van der Waals surface area (Å²) in [7, 11) is 0. The van der Waals surface area contributed by atoms with Crippen LogP contribution in [-0.2, 0) is 0 Å². The van der Waals surface area contributed by atoms with E-state index in [1.54, 1.807) is 0 Å². The number of hydrogen-bond acceptors (Lipinski definition) is 2. The molecule has 0 bridgehead atoms. The summed E-state index contributed by atoms with van der Waals surface area (Å²) < 4.78 is 2.18. The molecule has 0 unspecified atom stereocenters. The molecule has 104 valence electrons. The summed E-state index contributed by atoms with van der Waals surface area (Å²) in [4.78, 5) is 4.29. The maximum absolute atomic E-state index is 11.3. The van der Waals surface area contributed by atoms with E-state index < -0.39 is 5.60 Å². The van der Waals surface area contributed by atoms with Crippen LogP contribution in [0.5, 0.6) is 0 Å². The Labute approximate surface area is 119 Å². The van der Waals surface area contributed by atoms with Crippen LogP contribution in [0.25, 0.3) is 11.3 Å². The highest BCUT2D eigenvalue weighted by molar-refractivity contribution is 5.69. The average Bonchev–Trinajstić information content (AvgIpc) is 2.96. The molecule has 20 heavy (non-hydrogen) atoms. The number of rotatable bonds is 1. The lowest BCUT2D eigenvalue weighted by Crippen LogP contribution is -2.38. The van der Waals surface area contributed by atoms with Gasteiger partial charge in [-0.1, -0.05) is 49.9 Å². The molecule has 1 aliphatic carbocycles. The summed E-state index contributed by atoms with van der Waals surface area (Å²) in [6, 6.07) is 8.48. The maximum Gasteiger partial charge on any atom is 0.0957 e. The van der Waals surface area contributed by atoms with Crippen LogP contribution in [0.3, 0.4) is 0 Å². The molecule has 1 aliphatic heterocycles. The van der Waals surface area contributed by atoms with Crippen molar-refractivity contribution in [3.8, 4) is 11.3 Å². The zero-order valence-corrected chi connectivity index (χ0v) is 11.6. The van der Waals surface area contributed by atoms with Crippen LogP contribution in [0.15, 0.2) is 36.8 Å². The average molecular weight is 268 g/mol. The quantitative estimate of drug-likeness (QED) is 0.803. The highest BCUT2D eigenvalue weighted by Gasteiger charge is 2.43. The Balaban J connectivity index is 1.85. The highest BCUT2D eigenvalue weighted by atomic mass is 16.3. The van der Waals surface area contributed by atoms with Crippen LogP contribution in [0.2, 0.25) is 0 Å². The molecule has 2 aliphatic rings. The number of hydrogen-bond donors (Lipinski definition) is 1. The Bertz CT molecular complexity index is 623. The Morgan fingerprint density at radius 2 is 1.85 bits per heavy atom. The molecule has 3 heteroatoms. The number of aromatic nitrogens is 2. The van der Waals surface area contributed by atoms with Crippen molar-refractivity contribution in [2.75, 3.05) is 0 Å². The lowest BCUT2D eigenvalue weighted by molar-refractivity contribution is -0.00976. The zero-order chi connectivity index (χ0) is 13.6. The molecule has 1 N–H and O–H groups in total. The van der Waals surface area contributed by atoms with Crippen LogP contribution < -0.4 is 0 Å². The Hall–Kier alpha value is -1.61. The van der Waals surface area contributed by atoms with Crippen LogP contribution in [0.1, 0.15) is 50.1 Å². The van der Waals surface area contributed by atoms with E-state index in [1.165, 1.54) is 24.0 Å². The zero-order valence-electron chi connectivity index (χ0n) is 11.6. The SMILES string of the molecule is OC1([C@@H]2c3ccccc3-c3cncn32)CCCCCC1. The second-order valence-corrected chi connectivity index (χ2v) is 6.19. The van der Waals surface area contributed by atoms with Crippen LogP contribution in [-0.4, -0.2) is 20.3 Å². The van der Waals surface area contributed by atoms with Gasteiger partial charge in [0, 0.05) is 5.56 Å². The third-order valence-corrected chi connectivity index (χ3v) is 4.95. The lowest BCUT2D eigenvalue weighted by atomic mass is 9.82. The largest absolute Gasteiger partial charge is 0.387 e. The Kier molecular flexibility index (Phi) is 2.71. The van der Waals surface area contributed by atoms with Crippen molar-refractivity contribution in [2.45, 2.75) is 50.2 Å². The Morgan fingerprint density at radius 3 is 2.65 bits per heavy atom. The monoisotopic (exact) mass is 268 g/mol. The fourth-order valence-corrected chi connectivity index (χ4v) is 4.00. The summed E-state index contributed by atoms with van der Waals surface area (Å²) in [5, 5.41) is 11.3. The number of fused-ring (bicyclic) bond motifs is 3. The molecule has 4 rings (SSSR count). The number of nitrogens with zero attached hydrogens (tertiary/aromatic N) is 2. The van der Waals surface area contributed by atoms with Crippen molar-refractivity contribution >= 4 is 0 Å². The van der Waals surface area contributed by atoms with Crippen molar-refractivity contribution in [1.29, 1.82) is 0 Å². The smallest absolute Gasteiger partial charge is 0.0957 e. The van der Waals surface area contributed by atoms with Gasteiger partial charge in [0.05, 0.1) is 29.9 Å². The number of benzene rings is 1. The predicted molar refractivity (Wildman–Crippen MR) is 78.5 cm³/mol. The fourth-order valence-electron chi connectivity index (χ4n) is 4.00. The summed E-state index contributed by atoms with van der Waals surface area (Å²) >= 11 is 0. The van der Waals surface area contributed by atoms with E-state index in [1.807, 2.05) is 12.5 Å². The molecule has 0 radical (unpaired) electrons. The van der Waals surface area contributed by atoms with E-state index in [0.717, 1.165) is 31.4 Å². The van der Waals surface area contributed by atoms with Gasteiger partial charge < -0.3 is 9.67 Å². The van der Waals surface area contributed by atoms with Crippen LogP contribution in [0.4, 0.5) is 0 Å².